The van der Waals surface area contributed by atoms with Crippen LogP contribution in [0.15, 0.2) is 30.3 Å². The number of ether oxygens (including phenoxy) is 1. The molecule has 0 N–H and O–H groups in total. The fourth-order valence-electron chi connectivity index (χ4n) is 1.94. The second-order valence-electron chi connectivity index (χ2n) is 4.35. The molecular formula is C15H12BrF3O. The van der Waals surface area contributed by atoms with Gasteiger partial charge in [0.2, 0.25) is 0 Å². The zero-order chi connectivity index (χ0) is 14.9. The van der Waals surface area contributed by atoms with E-state index in [1.807, 2.05) is 0 Å². The molecule has 2 aromatic rings. The summed E-state index contributed by atoms with van der Waals surface area (Å²) in [5.41, 5.74) is 0.365. The van der Waals surface area contributed by atoms with E-state index in [0.29, 0.717) is 5.56 Å². The molecule has 0 aliphatic heterocycles. The Bertz CT molecular complexity index is 620. The molecular weight excluding hydrogens is 333 g/mol. The van der Waals surface area contributed by atoms with Gasteiger partial charge < -0.3 is 4.74 Å². The van der Waals surface area contributed by atoms with Crippen molar-refractivity contribution in [3.63, 3.8) is 0 Å². The van der Waals surface area contributed by atoms with Crippen molar-refractivity contribution in [3.05, 3.63) is 64.5 Å². The Morgan fingerprint density at radius 3 is 2.25 bits per heavy atom. The van der Waals surface area contributed by atoms with Crippen molar-refractivity contribution in [2.24, 2.45) is 0 Å². The minimum atomic E-state index is -0.909. The summed E-state index contributed by atoms with van der Waals surface area (Å²) in [6, 6.07) is 6.87. The SMILES string of the molecule is COc1cc(F)c(C(Br)c2cccc(C)c2F)c(F)c1. The highest BCUT2D eigenvalue weighted by atomic mass is 79.9. The van der Waals surface area contributed by atoms with Crippen LogP contribution in [0.3, 0.4) is 0 Å². The lowest BCUT2D eigenvalue weighted by Crippen LogP contribution is -2.04. The van der Waals surface area contributed by atoms with Crippen LogP contribution in [0.1, 0.15) is 21.5 Å². The third-order valence-corrected chi connectivity index (χ3v) is 3.99. The number of alkyl halides is 1. The van der Waals surface area contributed by atoms with Crippen LogP contribution < -0.4 is 4.74 Å². The van der Waals surface area contributed by atoms with Crippen molar-refractivity contribution in [2.45, 2.75) is 11.8 Å². The molecule has 0 saturated heterocycles. The number of benzene rings is 2. The third kappa shape index (κ3) is 2.68. The van der Waals surface area contributed by atoms with Crippen LogP contribution >= 0.6 is 15.9 Å². The number of rotatable bonds is 3. The lowest BCUT2D eigenvalue weighted by Gasteiger charge is -2.15. The quantitative estimate of drug-likeness (QED) is 0.719. The Morgan fingerprint density at radius 2 is 1.70 bits per heavy atom. The molecule has 0 amide bonds. The average molecular weight is 345 g/mol. The molecule has 0 radical (unpaired) electrons. The van der Waals surface area contributed by atoms with Gasteiger partial charge in [-0.25, -0.2) is 13.2 Å². The normalized spacial score (nSPS) is 12.3. The predicted molar refractivity (Wildman–Crippen MR) is 74.8 cm³/mol. The zero-order valence-electron chi connectivity index (χ0n) is 10.9. The minimum Gasteiger partial charge on any atom is -0.497 e. The average Bonchev–Trinajstić information content (AvgIpc) is 2.40. The maximum Gasteiger partial charge on any atom is 0.134 e. The lowest BCUT2D eigenvalue weighted by atomic mass is 10.0. The van der Waals surface area contributed by atoms with Gasteiger partial charge in [-0.05, 0) is 12.5 Å². The molecule has 1 atom stereocenters. The first-order valence-corrected chi connectivity index (χ1v) is 6.79. The Morgan fingerprint density at radius 1 is 1.10 bits per heavy atom. The van der Waals surface area contributed by atoms with Crippen LogP contribution in [0.4, 0.5) is 13.2 Å². The van der Waals surface area contributed by atoms with Gasteiger partial charge in [0, 0.05) is 23.3 Å². The monoisotopic (exact) mass is 344 g/mol. The van der Waals surface area contributed by atoms with E-state index in [1.165, 1.54) is 13.2 Å². The van der Waals surface area contributed by atoms with E-state index in [9.17, 15) is 13.2 Å². The number of halogens is 4. The Kier molecular flexibility index (Phi) is 4.38. The molecule has 0 aromatic heterocycles. The molecule has 0 bridgehead atoms. The van der Waals surface area contributed by atoms with Gasteiger partial charge in [-0.3, -0.25) is 0 Å². The van der Waals surface area contributed by atoms with Gasteiger partial charge in [-0.1, -0.05) is 34.1 Å². The third-order valence-electron chi connectivity index (χ3n) is 3.04. The molecule has 1 nitrogen and oxygen atoms in total. The smallest absolute Gasteiger partial charge is 0.134 e. The van der Waals surface area contributed by atoms with Crippen LogP contribution in [-0.4, -0.2) is 7.11 Å². The maximum atomic E-state index is 14.0. The van der Waals surface area contributed by atoms with Crippen LogP contribution in [-0.2, 0) is 0 Å². The second-order valence-corrected chi connectivity index (χ2v) is 5.26. The Labute approximate surface area is 123 Å². The number of methoxy groups -OCH3 is 1. The summed E-state index contributed by atoms with van der Waals surface area (Å²) >= 11 is 3.17. The van der Waals surface area contributed by atoms with Crippen molar-refractivity contribution in [1.29, 1.82) is 0 Å². The first kappa shape index (κ1) is 14.9. The maximum absolute atomic E-state index is 14.0. The van der Waals surface area contributed by atoms with Crippen molar-refractivity contribution in [1.82, 2.24) is 0 Å². The molecule has 0 aliphatic carbocycles. The standard InChI is InChI=1S/C15H12BrF3O/c1-8-4-3-5-10(15(8)19)14(16)13-11(17)6-9(20-2)7-12(13)18/h3-7,14H,1-2H3. The molecule has 5 heteroatoms. The van der Waals surface area contributed by atoms with Crippen LogP contribution in [0, 0.1) is 24.4 Å². The van der Waals surface area contributed by atoms with Crippen LogP contribution in [0.5, 0.6) is 5.75 Å². The van der Waals surface area contributed by atoms with Gasteiger partial charge in [0.15, 0.2) is 0 Å². The van der Waals surface area contributed by atoms with Crippen molar-refractivity contribution < 1.29 is 17.9 Å². The van der Waals surface area contributed by atoms with E-state index < -0.39 is 22.3 Å². The first-order valence-electron chi connectivity index (χ1n) is 5.87. The van der Waals surface area contributed by atoms with Gasteiger partial charge in [0.05, 0.1) is 11.9 Å². The van der Waals surface area contributed by atoms with Gasteiger partial charge in [-0.2, -0.15) is 0 Å². The molecule has 0 heterocycles. The summed E-state index contributed by atoms with van der Waals surface area (Å²) < 4.78 is 46.8. The lowest BCUT2D eigenvalue weighted by molar-refractivity contribution is 0.405. The molecule has 2 rings (SSSR count). The number of aryl methyl sites for hydroxylation is 1. The summed E-state index contributed by atoms with van der Waals surface area (Å²) in [7, 11) is 1.32. The largest absolute Gasteiger partial charge is 0.497 e. The van der Waals surface area contributed by atoms with Crippen LogP contribution in [0.2, 0.25) is 0 Å². The predicted octanol–water partition coefficient (Wildman–Crippen LogP) is 4.91. The zero-order valence-corrected chi connectivity index (χ0v) is 12.5. The molecule has 0 aliphatic rings. The fraction of sp³-hybridized carbons (Fsp3) is 0.200. The summed E-state index contributed by atoms with van der Waals surface area (Å²) in [4.78, 5) is -0.909. The summed E-state index contributed by atoms with van der Waals surface area (Å²) in [5.74, 6) is -1.98. The van der Waals surface area contributed by atoms with E-state index in [-0.39, 0.29) is 16.9 Å². The van der Waals surface area contributed by atoms with E-state index in [4.69, 9.17) is 4.74 Å². The van der Waals surface area contributed by atoms with Crippen molar-refractivity contribution >= 4 is 15.9 Å². The molecule has 0 fully saturated rings. The Balaban J connectivity index is 2.54. The topological polar surface area (TPSA) is 9.23 Å². The van der Waals surface area contributed by atoms with E-state index in [0.717, 1.165) is 12.1 Å². The Hall–Kier alpha value is -1.49. The number of hydrogen-bond acceptors (Lipinski definition) is 1. The van der Waals surface area contributed by atoms with E-state index in [2.05, 4.69) is 15.9 Å². The van der Waals surface area contributed by atoms with Crippen LogP contribution in [0.25, 0.3) is 0 Å². The van der Waals surface area contributed by atoms with Crippen molar-refractivity contribution in [3.8, 4) is 5.75 Å². The highest BCUT2D eigenvalue weighted by Gasteiger charge is 2.23. The van der Waals surface area contributed by atoms with E-state index in [1.54, 1.807) is 19.1 Å². The molecule has 20 heavy (non-hydrogen) atoms. The highest BCUT2D eigenvalue weighted by Crippen LogP contribution is 2.37. The van der Waals surface area contributed by atoms with Crippen molar-refractivity contribution in [2.75, 3.05) is 7.11 Å². The van der Waals surface area contributed by atoms with Gasteiger partial charge in [0.25, 0.3) is 0 Å². The molecule has 106 valence electrons. The highest BCUT2D eigenvalue weighted by molar-refractivity contribution is 9.09. The second kappa shape index (κ2) is 5.87. The summed E-state index contributed by atoms with van der Waals surface area (Å²) in [6.07, 6.45) is 0. The molecule has 2 aromatic carbocycles. The molecule has 0 saturated carbocycles. The van der Waals surface area contributed by atoms with Gasteiger partial charge in [-0.15, -0.1) is 0 Å². The first-order chi connectivity index (χ1) is 9.45. The fourth-order valence-corrected chi connectivity index (χ4v) is 2.73. The summed E-state index contributed by atoms with van der Waals surface area (Å²) in [5, 5.41) is 0. The summed E-state index contributed by atoms with van der Waals surface area (Å²) in [6.45, 7) is 1.60. The molecule has 0 spiro atoms. The van der Waals surface area contributed by atoms with Gasteiger partial charge >= 0.3 is 0 Å². The molecule has 1 unspecified atom stereocenters. The van der Waals surface area contributed by atoms with Gasteiger partial charge in [0.1, 0.15) is 23.2 Å². The number of hydrogen-bond donors (Lipinski definition) is 0. The van der Waals surface area contributed by atoms with E-state index >= 15 is 0 Å². The minimum absolute atomic E-state index is 0.0770.